The van der Waals surface area contributed by atoms with Crippen LogP contribution in [0.1, 0.15) is 17.0 Å². The zero-order valence-electron chi connectivity index (χ0n) is 11.3. The summed E-state index contributed by atoms with van der Waals surface area (Å²) in [6.07, 6.45) is 2.78. The monoisotopic (exact) mass is 352 g/mol. The molecular weight excluding hydrogens is 336 g/mol. The second kappa shape index (κ2) is 6.20. The van der Waals surface area contributed by atoms with Gasteiger partial charge in [-0.2, -0.15) is 0 Å². The molecule has 106 valence electrons. The molecule has 20 heavy (non-hydrogen) atoms. The molecule has 2 aromatic rings. The number of hydrogen-bond acceptors (Lipinski definition) is 5. The van der Waals surface area contributed by atoms with E-state index in [9.17, 15) is 0 Å². The van der Waals surface area contributed by atoms with Crippen LogP contribution < -0.4 is 5.32 Å². The van der Waals surface area contributed by atoms with Gasteiger partial charge in [-0.25, -0.2) is 9.97 Å². The number of nitrogens with one attached hydrogen (secondary N) is 1. The highest BCUT2D eigenvalue weighted by atomic mass is 79.9. The van der Waals surface area contributed by atoms with Crippen molar-refractivity contribution in [3.63, 3.8) is 0 Å². The smallest absolute Gasteiger partial charge is 0.129 e. The van der Waals surface area contributed by atoms with Crippen LogP contribution in [0.15, 0.2) is 28.3 Å². The highest BCUT2D eigenvalue weighted by Crippen LogP contribution is 2.23. The molecule has 1 N–H and O–H groups in total. The number of hydrogen-bond donors (Lipinski definition) is 1. The van der Waals surface area contributed by atoms with E-state index in [1.165, 1.54) is 9.35 Å². The van der Waals surface area contributed by atoms with Crippen LogP contribution in [-0.4, -0.2) is 34.0 Å². The lowest BCUT2D eigenvalue weighted by molar-refractivity contribution is 0.331. The van der Waals surface area contributed by atoms with Gasteiger partial charge in [-0.3, -0.25) is 4.90 Å². The second-order valence-corrected chi connectivity index (χ2v) is 7.05. The Balaban J connectivity index is 1.54. The maximum Gasteiger partial charge on any atom is 0.129 e. The fourth-order valence-corrected chi connectivity index (χ4v) is 3.99. The molecule has 0 saturated carbocycles. The first-order valence-electron chi connectivity index (χ1n) is 6.69. The van der Waals surface area contributed by atoms with Gasteiger partial charge in [-0.1, -0.05) is 0 Å². The first-order valence-corrected chi connectivity index (χ1v) is 8.37. The Morgan fingerprint density at radius 2 is 2.35 bits per heavy atom. The normalized spacial score (nSPS) is 19.4. The third-order valence-corrected chi connectivity index (χ3v) is 5.11. The van der Waals surface area contributed by atoms with E-state index in [0.29, 0.717) is 6.04 Å². The Hall–Kier alpha value is -0.980. The Kier molecular flexibility index (Phi) is 4.33. The third-order valence-electron chi connectivity index (χ3n) is 3.43. The quantitative estimate of drug-likeness (QED) is 0.916. The molecule has 0 spiro atoms. The molecule has 1 aliphatic heterocycles. The van der Waals surface area contributed by atoms with Crippen molar-refractivity contribution in [2.24, 2.45) is 0 Å². The van der Waals surface area contributed by atoms with Gasteiger partial charge >= 0.3 is 0 Å². The first-order chi connectivity index (χ1) is 9.69. The highest BCUT2D eigenvalue weighted by molar-refractivity contribution is 9.10. The summed E-state index contributed by atoms with van der Waals surface area (Å²) in [5, 5.41) is 5.65. The van der Waals surface area contributed by atoms with E-state index in [-0.39, 0.29) is 0 Å². The molecule has 3 rings (SSSR count). The van der Waals surface area contributed by atoms with E-state index in [4.69, 9.17) is 0 Å². The summed E-state index contributed by atoms with van der Waals surface area (Å²) in [6, 6.07) is 4.69. The topological polar surface area (TPSA) is 41.0 Å². The average Bonchev–Trinajstić information content (AvgIpc) is 3.00. The number of thiophene rings is 1. The minimum Gasteiger partial charge on any atom is -0.366 e. The maximum atomic E-state index is 4.27. The number of halogens is 1. The summed E-state index contributed by atoms with van der Waals surface area (Å²) in [5.41, 5.74) is 1.00. The summed E-state index contributed by atoms with van der Waals surface area (Å²) >= 11 is 5.32. The van der Waals surface area contributed by atoms with Gasteiger partial charge in [0.15, 0.2) is 0 Å². The molecule has 1 saturated heterocycles. The van der Waals surface area contributed by atoms with E-state index < -0.39 is 0 Å². The summed E-state index contributed by atoms with van der Waals surface area (Å²) in [4.78, 5) is 12.3. The van der Waals surface area contributed by atoms with Crippen molar-refractivity contribution in [2.45, 2.75) is 25.9 Å². The van der Waals surface area contributed by atoms with E-state index >= 15 is 0 Å². The number of anilines is 1. The van der Waals surface area contributed by atoms with Crippen LogP contribution in [0.3, 0.4) is 0 Å². The van der Waals surface area contributed by atoms with E-state index in [1.54, 1.807) is 6.33 Å². The molecule has 2 aromatic heterocycles. The molecule has 0 amide bonds. The van der Waals surface area contributed by atoms with Gasteiger partial charge in [0.1, 0.15) is 12.1 Å². The van der Waals surface area contributed by atoms with Crippen molar-refractivity contribution < 1.29 is 0 Å². The van der Waals surface area contributed by atoms with Crippen LogP contribution in [0.2, 0.25) is 0 Å². The molecule has 3 heterocycles. The van der Waals surface area contributed by atoms with Crippen molar-refractivity contribution in [1.29, 1.82) is 0 Å². The first kappa shape index (κ1) is 14.0. The number of rotatable bonds is 4. The Bertz CT molecular complexity index is 586. The molecule has 1 unspecified atom stereocenters. The van der Waals surface area contributed by atoms with Gasteiger partial charge in [-0.05, 0) is 35.3 Å². The molecule has 6 heteroatoms. The van der Waals surface area contributed by atoms with Gasteiger partial charge < -0.3 is 5.32 Å². The molecule has 0 bridgehead atoms. The average molecular weight is 353 g/mol. The fraction of sp³-hybridized carbons (Fsp3) is 0.429. The predicted molar refractivity (Wildman–Crippen MR) is 86.1 cm³/mol. The Morgan fingerprint density at radius 1 is 1.45 bits per heavy atom. The van der Waals surface area contributed by atoms with Crippen LogP contribution in [0.4, 0.5) is 5.82 Å². The van der Waals surface area contributed by atoms with Crippen LogP contribution in [0.5, 0.6) is 0 Å². The highest BCUT2D eigenvalue weighted by Gasteiger charge is 2.22. The number of likely N-dealkylation sites (tertiary alicyclic amines) is 1. The molecular formula is C14H17BrN4S. The molecule has 1 fully saturated rings. The van der Waals surface area contributed by atoms with Gasteiger partial charge in [0.2, 0.25) is 0 Å². The number of aromatic nitrogens is 2. The van der Waals surface area contributed by atoms with Crippen molar-refractivity contribution >= 4 is 33.1 Å². The van der Waals surface area contributed by atoms with Crippen LogP contribution >= 0.6 is 27.3 Å². The van der Waals surface area contributed by atoms with Gasteiger partial charge in [0.05, 0.1) is 0 Å². The molecule has 0 aliphatic carbocycles. The number of aryl methyl sites for hydroxylation is 1. The van der Waals surface area contributed by atoms with E-state index in [1.807, 2.05) is 24.3 Å². The van der Waals surface area contributed by atoms with Crippen LogP contribution in [0, 0.1) is 6.92 Å². The molecule has 1 atom stereocenters. The van der Waals surface area contributed by atoms with Crippen molar-refractivity contribution in [3.8, 4) is 0 Å². The summed E-state index contributed by atoms with van der Waals surface area (Å²) < 4.78 is 1.18. The van der Waals surface area contributed by atoms with E-state index in [0.717, 1.165) is 37.6 Å². The molecule has 4 nitrogen and oxygen atoms in total. The second-order valence-electron chi connectivity index (χ2n) is 5.14. The SMILES string of the molecule is Cc1cc(NC2CCN(Cc3cc(Br)cs3)C2)ncn1. The molecule has 0 radical (unpaired) electrons. The van der Waals surface area contributed by atoms with Gasteiger partial charge in [0, 0.05) is 52.2 Å². The maximum absolute atomic E-state index is 4.27. The van der Waals surface area contributed by atoms with Gasteiger partial charge in [0.25, 0.3) is 0 Å². The van der Waals surface area contributed by atoms with Crippen molar-refractivity contribution in [2.75, 3.05) is 18.4 Å². The standard InChI is InChI=1S/C14H17BrN4S/c1-10-4-14(17-9-16-10)18-12-2-3-19(6-12)7-13-5-11(15)8-20-13/h4-5,8-9,12H,2-3,6-7H2,1H3,(H,16,17,18). The minimum absolute atomic E-state index is 0.479. The lowest BCUT2D eigenvalue weighted by Gasteiger charge is -2.16. The van der Waals surface area contributed by atoms with Gasteiger partial charge in [-0.15, -0.1) is 11.3 Å². The van der Waals surface area contributed by atoms with Crippen LogP contribution in [-0.2, 0) is 6.54 Å². The molecule has 1 aliphatic rings. The largest absolute Gasteiger partial charge is 0.366 e. The predicted octanol–water partition coefficient (Wildman–Crippen LogP) is 3.30. The Labute approximate surface area is 131 Å². The minimum atomic E-state index is 0.479. The van der Waals surface area contributed by atoms with Crippen molar-refractivity contribution in [1.82, 2.24) is 14.9 Å². The zero-order chi connectivity index (χ0) is 13.9. The van der Waals surface area contributed by atoms with Crippen LogP contribution in [0.25, 0.3) is 0 Å². The fourth-order valence-electron chi connectivity index (χ4n) is 2.49. The third kappa shape index (κ3) is 3.56. The Morgan fingerprint density at radius 3 is 3.10 bits per heavy atom. The van der Waals surface area contributed by atoms with E-state index in [2.05, 4.69) is 47.6 Å². The number of nitrogens with zero attached hydrogens (tertiary/aromatic N) is 3. The lowest BCUT2D eigenvalue weighted by Crippen LogP contribution is -2.26. The zero-order valence-corrected chi connectivity index (χ0v) is 13.7. The van der Waals surface area contributed by atoms with Crippen molar-refractivity contribution in [3.05, 3.63) is 38.9 Å². The summed E-state index contributed by atoms with van der Waals surface area (Å²) in [5.74, 6) is 0.934. The summed E-state index contributed by atoms with van der Waals surface area (Å²) in [6.45, 7) is 5.23. The molecule has 0 aromatic carbocycles. The summed E-state index contributed by atoms with van der Waals surface area (Å²) in [7, 11) is 0. The lowest BCUT2D eigenvalue weighted by atomic mass is 10.2.